The molecule has 2 saturated heterocycles. The van der Waals surface area contributed by atoms with E-state index >= 15 is 0 Å². The highest BCUT2D eigenvalue weighted by Gasteiger charge is 2.35. The summed E-state index contributed by atoms with van der Waals surface area (Å²) in [6.45, 7) is 2.23. The molecular formula is C21H23N3O3S. The zero-order chi connectivity index (χ0) is 18.8. The van der Waals surface area contributed by atoms with Crippen LogP contribution in [0.15, 0.2) is 54.7 Å². The van der Waals surface area contributed by atoms with Crippen LogP contribution in [0.2, 0.25) is 0 Å². The molecule has 2 fully saturated rings. The molecule has 1 aliphatic carbocycles. The number of pyridine rings is 1. The third kappa shape index (κ3) is 3.63. The first-order chi connectivity index (χ1) is 13.9. The average Bonchev–Trinajstić information content (AvgIpc) is 3.14. The van der Waals surface area contributed by atoms with Crippen LogP contribution in [0.25, 0.3) is 10.6 Å². The van der Waals surface area contributed by atoms with Crippen LogP contribution < -0.4 is 0 Å². The quantitative estimate of drug-likeness (QED) is 0.777. The van der Waals surface area contributed by atoms with E-state index in [1.165, 1.54) is 4.88 Å². The van der Waals surface area contributed by atoms with Crippen LogP contribution in [-0.2, 0) is 14.3 Å². The van der Waals surface area contributed by atoms with Crippen LogP contribution in [0.3, 0.4) is 0 Å². The van der Waals surface area contributed by atoms with Crippen LogP contribution >= 0.6 is 11.3 Å². The molecular weight excluding hydrogens is 374 g/mol. The fourth-order valence-electron chi connectivity index (χ4n) is 3.92. The molecule has 2 atom stereocenters. The van der Waals surface area contributed by atoms with E-state index in [1.54, 1.807) is 17.5 Å². The molecule has 4 heterocycles. The van der Waals surface area contributed by atoms with Crippen molar-refractivity contribution in [2.45, 2.75) is 31.6 Å². The van der Waals surface area contributed by atoms with E-state index in [0.717, 1.165) is 42.1 Å². The molecule has 2 aromatic heterocycles. The number of thiazole rings is 1. The van der Waals surface area contributed by atoms with Gasteiger partial charge < -0.3 is 14.3 Å². The Morgan fingerprint density at radius 1 is 1.14 bits per heavy atom. The Hall–Kier alpha value is -2.06. The fourth-order valence-corrected chi connectivity index (χ4v) is 4.97. The van der Waals surface area contributed by atoms with Gasteiger partial charge in [-0.2, -0.15) is 0 Å². The molecule has 0 N–H and O–H groups in total. The molecule has 0 saturated carbocycles. The van der Waals surface area contributed by atoms with Crippen molar-refractivity contribution in [1.82, 2.24) is 15.0 Å². The van der Waals surface area contributed by atoms with Crippen molar-refractivity contribution >= 4 is 11.3 Å². The van der Waals surface area contributed by atoms with Gasteiger partial charge in [-0.1, -0.05) is 17.2 Å². The van der Waals surface area contributed by atoms with Crippen molar-refractivity contribution in [1.29, 1.82) is 0 Å². The van der Waals surface area contributed by atoms with E-state index in [-0.39, 0.29) is 5.92 Å². The normalized spacial score (nSPS) is 26.2. The minimum absolute atomic E-state index is 0.274. The van der Waals surface area contributed by atoms with Gasteiger partial charge in [0.05, 0.1) is 13.2 Å². The van der Waals surface area contributed by atoms with Gasteiger partial charge in [0.2, 0.25) is 6.41 Å². The summed E-state index contributed by atoms with van der Waals surface area (Å²) in [6, 6.07) is 4.00. The number of hydrogen-bond donors (Lipinski definition) is 0. The summed E-state index contributed by atoms with van der Waals surface area (Å²) < 4.78 is 11.5. The van der Waals surface area contributed by atoms with Gasteiger partial charge >= 0.3 is 0 Å². The minimum atomic E-state index is -0.404. The predicted molar refractivity (Wildman–Crippen MR) is 106 cm³/mol. The molecule has 6 nitrogen and oxygen atoms in total. The molecule has 2 aromatic rings. The number of hydroxylamine groups is 2. The number of nitrogens with zero attached hydrogens (tertiary/aromatic N) is 3. The lowest BCUT2D eigenvalue weighted by Crippen LogP contribution is -2.42. The Labute approximate surface area is 168 Å². The lowest BCUT2D eigenvalue weighted by Gasteiger charge is -2.33. The molecule has 0 aromatic carbocycles. The van der Waals surface area contributed by atoms with E-state index in [9.17, 15) is 0 Å². The number of hydrogen-bond acceptors (Lipinski definition) is 7. The van der Waals surface area contributed by atoms with Crippen LogP contribution in [0, 0.1) is 5.92 Å². The van der Waals surface area contributed by atoms with Crippen molar-refractivity contribution in [3.63, 3.8) is 0 Å². The van der Waals surface area contributed by atoms with Gasteiger partial charge in [0.15, 0.2) is 0 Å². The summed E-state index contributed by atoms with van der Waals surface area (Å²) in [6.07, 6.45) is 14.7. The standard InChI is InChI=1S/C21H23N3O3S/c1-6-17(19-14-23-20(28-19)15-5-2-9-22-13-15)16-7-3-10-24(27-18(16)8-1)21-25-11-4-12-26-21/h1-2,5-6,8-9,13-14,16-17,21H,3-4,7,10-12H2. The fraction of sp³-hybridized carbons (Fsp3) is 0.429. The van der Waals surface area contributed by atoms with Gasteiger partial charge in [-0.25, -0.2) is 4.98 Å². The third-order valence-corrected chi connectivity index (χ3v) is 6.45. The maximum atomic E-state index is 6.27. The Morgan fingerprint density at radius 2 is 2.07 bits per heavy atom. The van der Waals surface area contributed by atoms with E-state index in [0.29, 0.717) is 19.1 Å². The van der Waals surface area contributed by atoms with E-state index in [1.807, 2.05) is 23.5 Å². The molecule has 0 spiro atoms. The van der Waals surface area contributed by atoms with Crippen molar-refractivity contribution < 1.29 is 14.3 Å². The molecule has 3 aliphatic rings. The maximum absolute atomic E-state index is 6.27. The second-order valence-corrected chi connectivity index (χ2v) is 8.23. The highest BCUT2D eigenvalue weighted by atomic mass is 32.1. The zero-order valence-corrected chi connectivity index (χ0v) is 16.4. The Kier molecular flexibility index (Phi) is 5.22. The number of aromatic nitrogens is 2. The summed E-state index contributed by atoms with van der Waals surface area (Å²) in [7, 11) is 0. The van der Waals surface area contributed by atoms with E-state index in [4.69, 9.17) is 14.3 Å². The molecule has 0 radical (unpaired) electrons. The summed E-state index contributed by atoms with van der Waals surface area (Å²) in [5.74, 6) is 1.57. The maximum Gasteiger partial charge on any atom is 0.250 e. The van der Waals surface area contributed by atoms with Crippen molar-refractivity contribution in [3.8, 4) is 10.6 Å². The second kappa shape index (κ2) is 8.13. The number of rotatable bonds is 3. The number of ether oxygens (including phenoxy) is 2. The Morgan fingerprint density at radius 3 is 2.93 bits per heavy atom. The first kappa shape index (κ1) is 18.0. The van der Waals surface area contributed by atoms with Crippen molar-refractivity contribution in [2.24, 2.45) is 5.92 Å². The summed E-state index contributed by atoms with van der Waals surface area (Å²) in [4.78, 5) is 16.4. The summed E-state index contributed by atoms with van der Waals surface area (Å²) in [5.41, 5.74) is 1.06. The van der Waals surface area contributed by atoms with Crippen LogP contribution in [0.4, 0.5) is 0 Å². The monoisotopic (exact) mass is 397 g/mol. The summed E-state index contributed by atoms with van der Waals surface area (Å²) >= 11 is 1.74. The smallest absolute Gasteiger partial charge is 0.250 e. The van der Waals surface area contributed by atoms with E-state index < -0.39 is 6.41 Å². The second-order valence-electron chi connectivity index (χ2n) is 7.17. The predicted octanol–water partition coefficient (Wildman–Crippen LogP) is 4.11. The van der Waals surface area contributed by atoms with Crippen LogP contribution in [0.5, 0.6) is 0 Å². The van der Waals surface area contributed by atoms with Gasteiger partial charge in [0, 0.05) is 47.4 Å². The molecule has 2 unspecified atom stereocenters. The van der Waals surface area contributed by atoms with Gasteiger partial charge in [-0.05, 0) is 37.5 Å². The SMILES string of the molecule is C1=CC(c2cnc(-c3cccnc3)s2)C2CCCN(C3OCCCO3)OC2=C1. The van der Waals surface area contributed by atoms with Crippen molar-refractivity contribution in [2.75, 3.05) is 19.8 Å². The number of allylic oxidation sites excluding steroid dienone is 4. The van der Waals surface area contributed by atoms with Gasteiger partial charge in [-0.3, -0.25) is 4.98 Å². The van der Waals surface area contributed by atoms with Gasteiger partial charge in [0.1, 0.15) is 10.8 Å². The summed E-state index contributed by atoms with van der Waals surface area (Å²) in [5, 5.41) is 2.86. The minimum Gasteiger partial charge on any atom is -0.405 e. The largest absolute Gasteiger partial charge is 0.405 e. The lowest BCUT2D eigenvalue weighted by atomic mass is 9.83. The van der Waals surface area contributed by atoms with Crippen molar-refractivity contribution in [3.05, 3.63) is 59.6 Å². The van der Waals surface area contributed by atoms with Gasteiger partial charge in [0.25, 0.3) is 0 Å². The molecule has 146 valence electrons. The molecule has 2 aliphatic heterocycles. The number of fused-ring (bicyclic) bond motifs is 1. The highest BCUT2D eigenvalue weighted by molar-refractivity contribution is 7.15. The molecule has 28 heavy (non-hydrogen) atoms. The molecule has 5 rings (SSSR count). The molecule has 7 heteroatoms. The lowest BCUT2D eigenvalue weighted by molar-refractivity contribution is -0.339. The zero-order valence-electron chi connectivity index (χ0n) is 15.6. The van der Waals surface area contributed by atoms with E-state index in [2.05, 4.69) is 34.3 Å². The highest BCUT2D eigenvalue weighted by Crippen LogP contribution is 2.43. The van der Waals surface area contributed by atoms with Crippen LogP contribution in [0.1, 0.15) is 30.1 Å². The third-order valence-electron chi connectivity index (χ3n) is 5.30. The molecule has 0 bridgehead atoms. The first-order valence-electron chi connectivity index (χ1n) is 9.81. The molecule has 0 amide bonds. The first-order valence-corrected chi connectivity index (χ1v) is 10.6. The Bertz CT molecular complexity index is 861. The topological polar surface area (TPSA) is 56.7 Å². The Balaban J connectivity index is 1.35. The average molecular weight is 398 g/mol. The van der Waals surface area contributed by atoms with Crippen LogP contribution in [-0.4, -0.2) is 41.2 Å². The van der Waals surface area contributed by atoms with Gasteiger partial charge in [-0.15, -0.1) is 11.3 Å².